The molecule has 0 aliphatic heterocycles. The third kappa shape index (κ3) is 5.33. The van der Waals surface area contributed by atoms with Crippen molar-refractivity contribution in [2.45, 2.75) is 6.42 Å². The largest absolute Gasteiger partial charge is 0.508 e. The van der Waals surface area contributed by atoms with Gasteiger partial charge in [0.15, 0.2) is 0 Å². The molecule has 1 aromatic carbocycles. The summed E-state index contributed by atoms with van der Waals surface area (Å²) in [6.45, 7) is 1.01. The quantitative estimate of drug-likeness (QED) is 0.588. The number of phenols is 1. The summed E-state index contributed by atoms with van der Waals surface area (Å²) in [6.07, 6.45) is 0.146. The molecule has 0 bridgehead atoms. The number of aliphatic hydroxyl groups excluding tert-OH is 1. The molecular formula is C12H17NO4. The van der Waals surface area contributed by atoms with E-state index >= 15 is 0 Å². The van der Waals surface area contributed by atoms with Crippen LogP contribution in [0.3, 0.4) is 0 Å². The van der Waals surface area contributed by atoms with Crippen molar-refractivity contribution in [3.05, 3.63) is 29.8 Å². The van der Waals surface area contributed by atoms with Gasteiger partial charge in [0.1, 0.15) is 5.75 Å². The van der Waals surface area contributed by atoms with Gasteiger partial charge in [-0.1, -0.05) is 18.2 Å². The summed E-state index contributed by atoms with van der Waals surface area (Å²) >= 11 is 0. The number of hydrogen-bond acceptors (Lipinski definition) is 4. The van der Waals surface area contributed by atoms with Gasteiger partial charge >= 0.3 is 0 Å². The first-order chi connectivity index (χ1) is 8.24. The second kappa shape index (κ2) is 7.65. The van der Waals surface area contributed by atoms with Crippen LogP contribution in [0.2, 0.25) is 0 Å². The molecule has 0 fully saturated rings. The van der Waals surface area contributed by atoms with Gasteiger partial charge < -0.3 is 20.3 Å². The number of phenolic OH excluding ortho intramolecular Hbond substituents is 1. The molecule has 5 nitrogen and oxygen atoms in total. The molecule has 1 amide bonds. The highest BCUT2D eigenvalue weighted by Crippen LogP contribution is 2.15. The first kappa shape index (κ1) is 13.5. The Bertz CT molecular complexity index is 354. The van der Waals surface area contributed by atoms with E-state index in [-0.39, 0.29) is 31.3 Å². The zero-order valence-electron chi connectivity index (χ0n) is 9.56. The zero-order chi connectivity index (χ0) is 12.5. The average molecular weight is 239 g/mol. The second-order valence-corrected chi connectivity index (χ2v) is 3.49. The Labute approximate surface area is 100 Å². The van der Waals surface area contributed by atoms with E-state index < -0.39 is 0 Å². The minimum absolute atomic E-state index is 0.0220. The molecule has 0 aromatic heterocycles. The molecule has 0 saturated carbocycles. The van der Waals surface area contributed by atoms with Crippen LogP contribution in [0.4, 0.5) is 0 Å². The molecule has 17 heavy (non-hydrogen) atoms. The van der Waals surface area contributed by atoms with Crippen molar-refractivity contribution in [2.24, 2.45) is 0 Å². The Morgan fingerprint density at radius 3 is 2.76 bits per heavy atom. The Morgan fingerprint density at radius 2 is 2.06 bits per heavy atom. The van der Waals surface area contributed by atoms with Crippen LogP contribution in [-0.4, -0.2) is 42.5 Å². The van der Waals surface area contributed by atoms with E-state index in [4.69, 9.17) is 9.84 Å². The summed E-state index contributed by atoms with van der Waals surface area (Å²) in [7, 11) is 0. The lowest BCUT2D eigenvalue weighted by atomic mass is 10.1. The fourth-order valence-corrected chi connectivity index (χ4v) is 1.33. The molecule has 0 unspecified atom stereocenters. The van der Waals surface area contributed by atoms with Crippen LogP contribution in [0.1, 0.15) is 5.56 Å². The molecule has 1 rings (SSSR count). The van der Waals surface area contributed by atoms with Gasteiger partial charge in [-0.05, 0) is 6.07 Å². The zero-order valence-corrected chi connectivity index (χ0v) is 9.56. The molecule has 94 valence electrons. The van der Waals surface area contributed by atoms with E-state index in [1.54, 1.807) is 24.3 Å². The van der Waals surface area contributed by atoms with Crippen LogP contribution < -0.4 is 5.32 Å². The number of aromatic hydroxyl groups is 1. The number of nitrogens with one attached hydrogen (secondary N) is 1. The average Bonchev–Trinajstić information content (AvgIpc) is 2.32. The fourth-order valence-electron chi connectivity index (χ4n) is 1.33. The highest BCUT2D eigenvalue weighted by molar-refractivity contribution is 5.79. The lowest BCUT2D eigenvalue weighted by molar-refractivity contribution is -0.120. The molecule has 0 heterocycles. The fraction of sp³-hybridized carbons (Fsp3) is 0.417. The van der Waals surface area contributed by atoms with Crippen LogP contribution in [-0.2, 0) is 16.0 Å². The molecular weight excluding hydrogens is 222 g/mol. The maximum absolute atomic E-state index is 11.5. The second-order valence-electron chi connectivity index (χ2n) is 3.49. The number of carbonyl (C=O) groups excluding carboxylic acids is 1. The van der Waals surface area contributed by atoms with Gasteiger partial charge in [0.25, 0.3) is 0 Å². The van der Waals surface area contributed by atoms with Gasteiger partial charge in [0.2, 0.25) is 5.91 Å². The normalized spacial score (nSPS) is 10.2. The minimum Gasteiger partial charge on any atom is -0.508 e. The standard InChI is InChI=1S/C12H17NO4/c14-6-8-17-7-5-13-12(16)9-10-3-1-2-4-11(10)15/h1-4,14-15H,5-9H2,(H,13,16). The Hall–Kier alpha value is -1.59. The van der Waals surface area contributed by atoms with Crippen LogP contribution >= 0.6 is 0 Å². The molecule has 3 N–H and O–H groups in total. The van der Waals surface area contributed by atoms with E-state index in [9.17, 15) is 9.90 Å². The highest BCUT2D eigenvalue weighted by Gasteiger charge is 2.05. The molecule has 0 saturated heterocycles. The molecule has 0 radical (unpaired) electrons. The molecule has 0 aliphatic rings. The van der Waals surface area contributed by atoms with Crippen molar-refractivity contribution in [1.82, 2.24) is 5.32 Å². The number of hydrogen-bond donors (Lipinski definition) is 3. The summed E-state index contributed by atoms with van der Waals surface area (Å²) < 4.78 is 4.99. The predicted octanol–water partition coefficient (Wildman–Crippen LogP) is 0.0598. The Kier molecular flexibility index (Phi) is 6.06. The number of benzene rings is 1. The number of para-hydroxylation sites is 1. The minimum atomic E-state index is -0.168. The summed E-state index contributed by atoms with van der Waals surface area (Å²) in [4.78, 5) is 11.5. The van der Waals surface area contributed by atoms with Gasteiger partial charge in [-0.15, -0.1) is 0 Å². The highest BCUT2D eigenvalue weighted by atomic mass is 16.5. The van der Waals surface area contributed by atoms with E-state index in [1.807, 2.05) is 0 Å². The van der Waals surface area contributed by atoms with Gasteiger partial charge in [-0.2, -0.15) is 0 Å². The number of rotatable bonds is 7. The van der Waals surface area contributed by atoms with Crippen LogP contribution in [0, 0.1) is 0 Å². The maximum atomic E-state index is 11.5. The summed E-state index contributed by atoms with van der Waals surface area (Å²) in [6, 6.07) is 6.73. The molecule has 0 aliphatic carbocycles. The number of ether oxygens (including phenoxy) is 1. The number of amides is 1. The Morgan fingerprint density at radius 1 is 1.29 bits per heavy atom. The van der Waals surface area contributed by atoms with Crippen molar-refractivity contribution in [1.29, 1.82) is 0 Å². The van der Waals surface area contributed by atoms with E-state index in [0.29, 0.717) is 18.7 Å². The van der Waals surface area contributed by atoms with Gasteiger partial charge in [0.05, 0.1) is 26.2 Å². The molecule has 5 heteroatoms. The van der Waals surface area contributed by atoms with Crippen LogP contribution in [0.5, 0.6) is 5.75 Å². The summed E-state index contributed by atoms with van der Waals surface area (Å²) in [5.74, 6) is -0.0433. The van der Waals surface area contributed by atoms with Gasteiger partial charge in [-0.3, -0.25) is 4.79 Å². The lowest BCUT2D eigenvalue weighted by Crippen LogP contribution is -2.28. The first-order valence-corrected chi connectivity index (χ1v) is 5.46. The summed E-state index contributed by atoms with van der Waals surface area (Å²) in [5, 5.41) is 20.6. The SMILES string of the molecule is O=C(Cc1ccccc1O)NCCOCCO. The summed E-state index contributed by atoms with van der Waals surface area (Å²) in [5.41, 5.74) is 0.598. The molecule has 0 atom stereocenters. The van der Waals surface area contributed by atoms with Crippen molar-refractivity contribution in [2.75, 3.05) is 26.4 Å². The van der Waals surface area contributed by atoms with E-state index in [1.165, 1.54) is 0 Å². The topological polar surface area (TPSA) is 78.8 Å². The van der Waals surface area contributed by atoms with Gasteiger partial charge in [0, 0.05) is 12.1 Å². The smallest absolute Gasteiger partial charge is 0.224 e. The van der Waals surface area contributed by atoms with E-state index in [2.05, 4.69) is 5.32 Å². The molecule has 0 spiro atoms. The van der Waals surface area contributed by atoms with Crippen molar-refractivity contribution >= 4 is 5.91 Å². The maximum Gasteiger partial charge on any atom is 0.224 e. The first-order valence-electron chi connectivity index (χ1n) is 5.46. The lowest BCUT2D eigenvalue weighted by Gasteiger charge is -2.06. The monoisotopic (exact) mass is 239 g/mol. The van der Waals surface area contributed by atoms with Crippen molar-refractivity contribution < 1.29 is 19.7 Å². The van der Waals surface area contributed by atoms with Gasteiger partial charge in [-0.25, -0.2) is 0 Å². The third-order valence-corrected chi connectivity index (χ3v) is 2.15. The van der Waals surface area contributed by atoms with Crippen LogP contribution in [0.15, 0.2) is 24.3 Å². The predicted molar refractivity (Wildman–Crippen MR) is 62.7 cm³/mol. The van der Waals surface area contributed by atoms with Crippen molar-refractivity contribution in [3.63, 3.8) is 0 Å². The molecule has 1 aromatic rings. The number of carbonyl (C=O) groups is 1. The Balaban J connectivity index is 2.23. The van der Waals surface area contributed by atoms with Crippen molar-refractivity contribution in [3.8, 4) is 5.75 Å². The van der Waals surface area contributed by atoms with E-state index in [0.717, 1.165) is 0 Å². The third-order valence-electron chi connectivity index (χ3n) is 2.15. The van der Waals surface area contributed by atoms with Crippen LogP contribution in [0.25, 0.3) is 0 Å². The number of aliphatic hydroxyl groups is 1.